The van der Waals surface area contributed by atoms with E-state index >= 15 is 0 Å². The van der Waals surface area contributed by atoms with Crippen molar-refractivity contribution in [3.05, 3.63) is 271 Å². The van der Waals surface area contributed by atoms with Gasteiger partial charge in [0.1, 0.15) is 22.3 Å². The molecule has 3 heteroatoms. The maximum atomic E-state index is 6.87. The van der Waals surface area contributed by atoms with Crippen LogP contribution in [0.3, 0.4) is 0 Å². The van der Waals surface area contributed by atoms with Crippen LogP contribution in [0.1, 0.15) is 22.3 Å². The second-order valence-corrected chi connectivity index (χ2v) is 17.9. The molecule has 0 saturated carbocycles. The Labute approximate surface area is 393 Å². The molecule has 0 unspecified atom stereocenters. The number of nitrogens with zero attached hydrogens (tertiary/aromatic N) is 1. The number of rotatable bonds is 7. The van der Waals surface area contributed by atoms with E-state index in [-0.39, 0.29) is 0 Å². The van der Waals surface area contributed by atoms with E-state index in [0.29, 0.717) is 0 Å². The molecule has 68 heavy (non-hydrogen) atoms. The highest BCUT2D eigenvalue weighted by atomic mass is 16.3. The van der Waals surface area contributed by atoms with Crippen LogP contribution in [0.4, 0.5) is 17.1 Å². The molecule has 11 aromatic carbocycles. The molecule has 2 heterocycles. The zero-order valence-electron chi connectivity index (χ0n) is 36.9. The molecule has 13 aromatic rings. The topological polar surface area (TPSA) is 29.5 Å². The third-order valence-corrected chi connectivity index (χ3v) is 14.3. The van der Waals surface area contributed by atoms with Crippen molar-refractivity contribution >= 4 is 71.7 Å². The molecule has 1 aliphatic rings. The minimum Gasteiger partial charge on any atom is -0.456 e. The quantitative estimate of drug-likeness (QED) is 0.160. The molecule has 318 valence electrons. The molecule has 0 radical (unpaired) electrons. The fourth-order valence-corrected chi connectivity index (χ4v) is 11.4. The summed E-state index contributed by atoms with van der Waals surface area (Å²) in [4.78, 5) is 2.43. The Hall–Kier alpha value is -8.92. The Morgan fingerprint density at radius 2 is 0.941 bits per heavy atom. The lowest BCUT2D eigenvalue weighted by Crippen LogP contribution is -2.29. The van der Waals surface area contributed by atoms with Crippen molar-refractivity contribution in [2.75, 3.05) is 4.90 Å². The SMILES string of the molecule is c1ccc(-c2ccc(C3(c4cccc(N(c5ccc6oc7cccc(-c8ccccc8)c7c6c5)c5cccc6oc7c8ccccc8ccc7c56)c4)c4ccccc4-c4ccccc43)cc2)cc1. The zero-order valence-corrected chi connectivity index (χ0v) is 36.9. The first-order chi connectivity index (χ1) is 33.7. The third-order valence-electron chi connectivity index (χ3n) is 14.3. The van der Waals surface area contributed by atoms with Crippen molar-refractivity contribution < 1.29 is 8.83 Å². The molecule has 14 rings (SSSR count). The standard InChI is InChI=1S/C65H41NO2/c1-3-16-42(17-4-1)43-32-35-46(36-33-43)65(56-27-11-9-24-52(56)53-25-10-12-28-57(53)65)47-21-13-22-48(40-47)66(58-29-15-31-61-63(58)54-38-34-45-20-7-8-23-51(45)64(54)68-61)49-37-39-59-55(41-49)62-50(26-14-30-60(62)67-59)44-18-5-2-6-19-44/h1-41H. The van der Waals surface area contributed by atoms with Gasteiger partial charge in [-0.2, -0.15) is 0 Å². The van der Waals surface area contributed by atoms with Crippen LogP contribution >= 0.6 is 0 Å². The maximum Gasteiger partial charge on any atom is 0.143 e. The van der Waals surface area contributed by atoms with Crippen LogP contribution in [0, 0.1) is 0 Å². The predicted molar refractivity (Wildman–Crippen MR) is 281 cm³/mol. The minimum atomic E-state index is -0.618. The lowest BCUT2D eigenvalue weighted by atomic mass is 9.67. The van der Waals surface area contributed by atoms with Crippen molar-refractivity contribution in [2.24, 2.45) is 0 Å². The smallest absolute Gasteiger partial charge is 0.143 e. The van der Waals surface area contributed by atoms with Crippen LogP contribution in [0.2, 0.25) is 0 Å². The molecule has 0 aliphatic heterocycles. The van der Waals surface area contributed by atoms with Gasteiger partial charge in [0.2, 0.25) is 0 Å². The summed E-state index contributed by atoms with van der Waals surface area (Å²) in [6.07, 6.45) is 0. The van der Waals surface area contributed by atoms with Crippen LogP contribution in [0.15, 0.2) is 258 Å². The fraction of sp³-hybridized carbons (Fsp3) is 0.0154. The normalized spacial score (nSPS) is 12.8. The van der Waals surface area contributed by atoms with E-state index in [9.17, 15) is 0 Å². The van der Waals surface area contributed by atoms with E-state index in [1.165, 1.54) is 44.5 Å². The summed E-state index contributed by atoms with van der Waals surface area (Å²) in [7, 11) is 0. The van der Waals surface area contributed by atoms with Gasteiger partial charge in [0.15, 0.2) is 0 Å². The summed E-state index contributed by atoms with van der Waals surface area (Å²) in [6.45, 7) is 0. The van der Waals surface area contributed by atoms with Crippen LogP contribution in [-0.2, 0) is 5.41 Å². The highest BCUT2D eigenvalue weighted by Crippen LogP contribution is 2.57. The van der Waals surface area contributed by atoms with Crippen LogP contribution in [0.25, 0.3) is 88.0 Å². The highest BCUT2D eigenvalue weighted by molar-refractivity contribution is 6.20. The van der Waals surface area contributed by atoms with Crippen LogP contribution in [0.5, 0.6) is 0 Å². The van der Waals surface area contributed by atoms with Gasteiger partial charge in [-0.25, -0.2) is 0 Å². The summed E-state index contributed by atoms with van der Waals surface area (Å²) in [5, 5.41) is 6.53. The molecule has 0 amide bonds. The number of benzene rings is 11. The van der Waals surface area contributed by atoms with E-state index in [4.69, 9.17) is 8.83 Å². The molecule has 0 spiro atoms. The number of anilines is 3. The number of hydrogen-bond acceptors (Lipinski definition) is 3. The second kappa shape index (κ2) is 15.1. The van der Waals surface area contributed by atoms with E-state index in [2.05, 4.69) is 254 Å². The Morgan fingerprint density at radius 3 is 1.72 bits per heavy atom. The van der Waals surface area contributed by atoms with Crippen molar-refractivity contribution in [3.8, 4) is 33.4 Å². The van der Waals surface area contributed by atoms with Gasteiger partial charge in [0.05, 0.1) is 16.5 Å². The van der Waals surface area contributed by atoms with Gasteiger partial charge >= 0.3 is 0 Å². The molecule has 0 bridgehead atoms. The first-order valence-electron chi connectivity index (χ1n) is 23.3. The zero-order chi connectivity index (χ0) is 44.8. The molecular formula is C65H41NO2. The molecule has 0 fully saturated rings. The summed E-state index contributed by atoms with van der Waals surface area (Å²) in [5.41, 5.74) is 18.0. The van der Waals surface area contributed by atoms with Gasteiger partial charge < -0.3 is 13.7 Å². The van der Waals surface area contributed by atoms with Crippen molar-refractivity contribution in [1.29, 1.82) is 0 Å². The van der Waals surface area contributed by atoms with Gasteiger partial charge in [0, 0.05) is 32.9 Å². The molecule has 0 saturated heterocycles. The lowest BCUT2D eigenvalue weighted by molar-refractivity contribution is 0.669. The summed E-state index contributed by atoms with van der Waals surface area (Å²) in [5.74, 6) is 0. The summed E-state index contributed by atoms with van der Waals surface area (Å²) < 4.78 is 13.5. The number of hydrogen-bond donors (Lipinski definition) is 0. The molecule has 2 aromatic heterocycles. The fourth-order valence-electron chi connectivity index (χ4n) is 11.4. The Morgan fingerprint density at radius 1 is 0.324 bits per heavy atom. The van der Waals surface area contributed by atoms with Gasteiger partial charge in [0.25, 0.3) is 0 Å². The van der Waals surface area contributed by atoms with Crippen molar-refractivity contribution in [3.63, 3.8) is 0 Å². The maximum absolute atomic E-state index is 6.87. The first-order valence-corrected chi connectivity index (χ1v) is 23.3. The molecule has 0 N–H and O–H groups in total. The Bertz CT molecular complexity index is 4040. The van der Waals surface area contributed by atoms with Gasteiger partial charge in [-0.3, -0.25) is 0 Å². The number of furan rings is 2. The van der Waals surface area contributed by atoms with Crippen LogP contribution < -0.4 is 4.90 Å². The predicted octanol–water partition coefficient (Wildman–Crippen LogP) is 17.8. The van der Waals surface area contributed by atoms with E-state index < -0.39 is 5.41 Å². The molecule has 3 nitrogen and oxygen atoms in total. The summed E-state index contributed by atoms with van der Waals surface area (Å²) in [6, 6.07) is 90.1. The highest BCUT2D eigenvalue weighted by Gasteiger charge is 2.46. The van der Waals surface area contributed by atoms with Crippen LogP contribution in [-0.4, -0.2) is 0 Å². The van der Waals surface area contributed by atoms with Crippen molar-refractivity contribution in [2.45, 2.75) is 5.41 Å². The lowest BCUT2D eigenvalue weighted by Gasteiger charge is -2.35. The Kier molecular flexibility index (Phi) is 8.50. The van der Waals surface area contributed by atoms with Gasteiger partial charge in [-0.15, -0.1) is 0 Å². The Balaban J connectivity index is 1.05. The molecular weight excluding hydrogens is 827 g/mol. The number of fused-ring (bicyclic) bond motifs is 11. The van der Waals surface area contributed by atoms with Gasteiger partial charge in [-0.1, -0.05) is 194 Å². The average molecular weight is 868 g/mol. The molecule has 0 atom stereocenters. The third kappa shape index (κ3) is 5.66. The van der Waals surface area contributed by atoms with E-state index in [0.717, 1.165) is 82.8 Å². The minimum absolute atomic E-state index is 0.618. The molecule has 1 aliphatic carbocycles. The van der Waals surface area contributed by atoms with E-state index in [1.54, 1.807) is 0 Å². The monoisotopic (exact) mass is 867 g/mol. The summed E-state index contributed by atoms with van der Waals surface area (Å²) >= 11 is 0. The largest absolute Gasteiger partial charge is 0.456 e. The first kappa shape index (κ1) is 38.4. The van der Waals surface area contributed by atoms with Crippen molar-refractivity contribution in [1.82, 2.24) is 0 Å². The average Bonchev–Trinajstić information content (AvgIpc) is 4.08. The van der Waals surface area contributed by atoms with E-state index in [1.807, 2.05) is 0 Å². The second-order valence-electron chi connectivity index (χ2n) is 17.9. The van der Waals surface area contributed by atoms with Gasteiger partial charge in [-0.05, 0) is 116 Å².